The lowest BCUT2D eigenvalue weighted by Gasteiger charge is -1.91. The number of carbonyl (C=O) groups is 1. The fourth-order valence-corrected chi connectivity index (χ4v) is 1.58. The molecule has 60 valence electrons. The van der Waals surface area contributed by atoms with Gasteiger partial charge >= 0.3 is 0 Å². The number of pyridine rings is 1. The molecule has 2 heterocycles. The minimum Gasteiger partial charge on any atom is -0.358 e. The third-order valence-corrected chi connectivity index (χ3v) is 2.35. The molecular formula is C8H5BrN2O. The largest absolute Gasteiger partial charge is 0.358 e. The Morgan fingerprint density at radius 2 is 2.42 bits per heavy atom. The van der Waals surface area contributed by atoms with Crippen LogP contribution >= 0.6 is 15.9 Å². The van der Waals surface area contributed by atoms with E-state index in [0.717, 1.165) is 21.7 Å². The summed E-state index contributed by atoms with van der Waals surface area (Å²) in [4.78, 5) is 17.4. The summed E-state index contributed by atoms with van der Waals surface area (Å²) in [7, 11) is 0. The fourth-order valence-electron chi connectivity index (χ4n) is 1.13. The van der Waals surface area contributed by atoms with Crippen LogP contribution in [0.25, 0.3) is 10.9 Å². The van der Waals surface area contributed by atoms with E-state index in [1.807, 2.05) is 6.07 Å². The molecule has 2 aromatic heterocycles. The molecule has 2 aromatic rings. The second kappa shape index (κ2) is 2.71. The molecule has 0 bridgehead atoms. The van der Waals surface area contributed by atoms with E-state index >= 15 is 0 Å². The van der Waals surface area contributed by atoms with E-state index in [2.05, 4.69) is 25.9 Å². The average Bonchev–Trinajstić information content (AvgIpc) is 2.48. The molecule has 0 fully saturated rings. The third-order valence-electron chi connectivity index (χ3n) is 1.69. The van der Waals surface area contributed by atoms with Gasteiger partial charge in [-0.3, -0.25) is 9.78 Å². The number of H-pyrrole nitrogens is 1. The lowest BCUT2D eigenvalue weighted by Crippen LogP contribution is -1.86. The molecule has 0 aliphatic carbocycles. The number of nitrogens with zero attached hydrogens (tertiary/aromatic N) is 1. The number of nitrogens with one attached hydrogen (secondary N) is 1. The highest BCUT2D eigenvalue weighted by Gasteiger charge is 2.04. The summed E-state index contributed by atoms with van der Waals surface area (Å²) < 4.78 is 0.947. The van der Waals surface area contributed by atoms with Gasteiger partial charge in [0.15, 0.2) is 6.29 Å². The molecule has 12 heavy (non-hydrogen) atoms. The van der Waals surface area contributed by atoms with E-state index in [1.54, 1.807) is 12.4 Å². The molecule has 0 saturated carbocycles. The minimum absolute atomic E-state index is 0.443. The third kappa shape index (κ3) is 0.956. The predicted molar refractivity (Wildman–Crippen MR) is 49.2 cm³/mol. The molecule has 0 radical (unpaired) electrons. The summed E-state index contributed by atoms with van der Waals surface area (Å²) >= 11 is 3.36. The van der Waals surface area contributed by atoms with Gasteiger partial charge in [0.05, 0.1) is 5.52 Å². The molecule has 0 spiro atoms. The molecule has 0 atom stereocenters. The number of fused-ring (bicyclic) bond motifs is 1. The molecular weight excluding hydrogens is 220 g/mol. The van der Waals surface area contributed by atoms with E-state index in [4.69, 9.17) is 0 Å². The Labute approximate surface area is 76.9 Å². The molecule has 0 saturated heterocycles. The highest BCUT2D eigenvalue weighted by molar-refractivity contribution is 9.10. The zero-order chi connectivity index (χ0) is 8.55. The van der Waals surface area contributed by atoms with Gasteiger partial charge in [-0.1, -0.05) is 0 Å². The van der Waals surface area contributed by atoms with Crippen molar-refractivity contribution in [2.75, 3.05) is 0 Å². The number of hydrogen-bond donors (Lipinski definition) is 1. The lowest BCUT2D eigenvalue weighted by molar-refractivity contribution is 0.112. The van der Waals surface area contributed by atoms with Crippen LogP contribution in [-0.2, 0) is 0 Å². The molecule has 1 N–H and O–H groups in total. The first-order valence-corrected chi connectivity index (χ1v) is 4.19. The number of carbonyl (C=O) groups excluding carboxylic acids is 1. The Kier molecular flexibility index (Phi) is 1.69. The highest BCUT2D eigenvalue weighted by atomic mass is 79.9. The van der Waals surface area contributed by atoms with Gasteiger partial charge in [-0.25, -0.2) is 0 Å². The van der Waals surface area contributed by atoms with E-state index in [-0.39, 0.29) is 0 Å². The standard InChI is InChI=1S/C8H5BrN2O/c9-6-3-11-8-5(6)1-2-10-7(8)4-12/h1-4,11H. The molecule has 2 rings (SSSR count). The van der Waals surface area contributed by atoms with Crippen molar-refractivity contribution in [1.29, 1.82) is 0 Å². The monoisotopic (exact) mass is 224 g/mol. The maximum absolute atomic E-state index is 10.5. The summed E-state index contributed by atoms with van der Waals surface area (Å²) in [5.41, 5.74) is 1.22. The Morgan fingerprint density at radius 3 is 3.17 bits per heavy atom. The summed E-state index contributed by atoms with van der Waals surface area (Å²) in [6.45, 7) is 0. The number of aromatic nitrogens is 2. The zero-order valence-electron chi connectivity index (χ0n) is 6.04. The number of halogens is 1. The fraction of sp³-hybridized carbons (Fsp3) is 0. The number of hydrogen-bond acceptors (Lipinski definition) is 2. The van der Waals surface area contributed by atoms with E-state index in [1.165, 1.54) is 0 Å². The maximum atomic E-state index is 10.5. The summed E-state index contributed by atoms with van der Waals surface area (Å²) in [5.74, 6) is 0. The Hall–Kier alpha value is -1.16. The van der Waals surface area contributed by atoms with Crippen molar-refractivity contribution in [1.82, 2.24) is 9.97 Å². The SMILES string of the molecule is O=Cc1nccc2c(Br)c[nH]c12. The van der Waals surface area contributed by atoms with Crippen LogP contribution in [0.4, 0.5) is 0 Å². The van der Waals surface area contributed by atoms with Crippen LogP contribution in [0.2, 0.25) is 0 Å². The lowest BCUT2D eigenvalue weighted by atomic mass is 10.3. The topological polar surface area (TPSA) is 45.8 Å². The molecule has 3 nitrogen and oxygen atoms in total. The van der Waals surface area contributed by atoms with E-state index < -0.39 is 0 Å². The van der Waals surface area contributed by atoms with Crippen molar-refractivity contribution in [3.63, 3.8) is 0 Å². The number of rotatable bonds is 1. The zero-order valence-corrected chi connectivity index (χ0v) is 7.63. The van der Waals surface area contributed by atoms with Gasteiger partial charge in [0.1, 0.15) is 5.69 Å². The second-order valence-corrected chi connectivity index (χ2v) is 3.23. The smallest absolute Gasteiger partial charge is 0.170 e. The van der Waals surface area contributed by atoms with Crippen LogP contribution in [-0.4, -0.2) is 16.3 Å². The van der Waals surface area contributed by atoms with Crippen molar-refractivity contribution in [3.8, 4) is 0 Å². The van der Waals surface area contributed by atoms with Crippen LogP contribution in [0.5, 0.6) is 0 Å². The van der Waals surface area contributed by atoms with Gasteiger partial charge in [-0.15, -0.1) is 0 Å². The van der Waals surface area contributed by atoms with Crippen LogP contribution in [0, 0.1) is 0 Å². The Bertz CT molecular complexity index is 436. The summed E-state index contributed by atoms with van der Waals surface area (Å²) in [6, 6.07) is 1.85. The predicted octanol–water partition coefficient (Wildman–Crippen LogP) is 2.14. The first kappa shape index (κ1) is 7.49. The van der Waals surface area contributed by atoms with Crippen LogP contribution in [0.1, 0.15) is 10.5 Å². The van der Waals surface area contributed by atoms with Crippen molar-refractivity contribution >= 4 is 33.1 Å². The van der Waals surface area contributed by atoms with Crippen LogP contribution in [0.15, 0.2) is 22.9 Å². The molecule has 0 aliphatic rings. The minimum atomic E-state index is 0.443. The van der Waals surface area contributed by atoms with Crippen molar-refractivity contribution in [3.05, 3.63) is 28.6 Å². The number of aldehydes is 1. The van der Waals surface area contributed by atoms with Gasteiger partial charge in [0, 0.05) is 22.3 Å². The normalized spacial score (nSPS) is 10.4. The van der Waals surface area contributed by atoms with Gasteiger partial charge in [-0.2, -0.15) is 0 Å². The van der Waals surface area contributed by atoms with Crippen molar-refractivity contribution < 1.29 is 4.79 Å². The Balaban J connectivity index is 2.89. The quantitative estimate of drug-likeness (QED) is 0.755. The van der Waals surface area contributed by atoms with E-state index in [0.29, 0.717) is 5.69 Å². The molecule has 0 amide bonds. The van der Waals surface area contributed by atoms with Gasteiger partial charge < -0.3 is 4.98 Å². The molecule has 0 unspecified atom stereocenters. The average molecular weight is 225 g/mol. The Morgan fingerprint density at radius 1 is 1.58 bits per heavy atom. The second-order valence-electron chi connectivity index (χ2n) is 2.37. The molecule has 4 heteroatoms. The summed E-state index contributed by atoms with van der Waals surface area (Å²) in [5, 5.41) is 0.979. The van der Waals surface area contributed by atoms with Crippen molar-refractivity contribution in [2.24, 2.45) is 0 Å². The van der Waals surface area contributed by atoms with Gasteiger partial charge in [-0.05, 0) is 22.0 Å². The highest BCUT2D eigenvalue weighted by Crippen LogP contribution is 2.23. The van der Waals surface area contributed by atoms with Crippen LogP contribution < -0.4 is 0 Å². The molecule has 0 aliphatic heterocycles. The first-order valence-electron chi connectivity index (χ1n) is 3.39. The first-order chi connectivity index (χ1) is 5.83. The maximum Gasteiger partial charge on any atom is 0.170 e. The molecule has 0 aromatic carbocycles. The van der Waals surface area contributed by atoms with E-state index in [9.17, 15) is 4.79 Å². The van der Waals surface area contributed by atoms with Gasteiger partial charge in [0.25, 0.3) is 0 Å². The van der Waals surface area contributed by atoms with Gasteiger partial charge in [0.2, 0.25) is 0 Å². The van der Waals surface area contributed by atoms with Crippen molar-refractivity contribution in [2.45, 2.75) is 0 Å². The number of aromatic amines is 1. The van der Waals surface area contributed by atoms with Crippen LogP contribution in [0.3, 0.4) is 0 Å². The summed E-state index contributed by atoms with van der Waals surface area (Å²) in [6.07, 6.45) is 4.15.